The van der Waals surface area contributed by atoms with Crippen LogP contribution in [0.15, 0.2) is 41.7 Å². The first-order valence-electron chi connectivity index (χ1n) is 10.8. The molecule has 0 aromatic carbocycles. The van der Waals surface area contributed by atoms with Gasteiger partial charge >= 0.3 is 0 Å². The topological polar surface area (TPSA) is 72.2 Å². The van der Waals surface area contributed by atoms with Crippen molar-refractivity contribution in [3.8, 4) is 0 Å². The standard InChI is InChI=1S/C22H31N5O2/c1-2-5-21(28)24-13-20-18-12-17(19-6-3-7-22(29)27(19)20)14-26(15-18)10-4-9-25-11-8-23-16-25/h3,6-8,11,16-18,20H,2,4-5,9-10,12-15H2,1H3,(H,24,28)/t17-,18+,20+/m1/s1. The number of imidazole rings is 1. The predicted molar refractivity (Wildman–Crippen MR) is 112 cm³/mol. The molecule has 156 valence electrons. The molecule has 1 N–H and O–H groups in total. The summed E-state index contributed by atoms with van der Waals surface area (Å²) in [6, 6.07) is 5.65. The number of fused-ring (bicyclic) bond motifs is 4. The second kappa shape index (κ2) is 8.95. The van der Waals surface area contributed by atoms with Crippen LogP contribution in [0.25, 0.3) is 0 Å². The number of pyridine rings is 1. The largest absolute Gasteiger partial charge is 0.354 e. The van der Waals surface area contributed by atoms with E-state index >= 15 is 0 Å². The second-order valence-corrected chi connectivity index (χ2v) is 8.39. The number of nitrogens with one attached hydrogen (secondary N) is 1. The van der Waals surface area contributed by atoms with Crippen LogP contribution in [0.1, 0.15) is 50.3 Å². The molecule has 2 aliphatic heterocycles. The van der Waals surface area contributed by atoms with Crippen molar-refractivity contribution in [3.05, 3.63) is 53.0 Å². The molecule has 2 aromatic heterocycles. The molecule has 0 aliphatic carbocycles. The quantitative estimate of drug-likeness (QED) is 0.740. The average Bonchev–Trinajstić information content (AvgIpc) is 3.22. The van der Waals surface area contributed by atoms with E-state index in [2.05, 4.69) is 25.8 Å². The molecule has 2 aliphatic rings. The third-order valence-corrected chi connectivity index (χ3v) is 6.31. The zero-order chi connectivity index (χ0) is 20.2. The summed E-state index contributed by atoms with van der Waals surface area (Å²) in [6.07, 6.45) is 9.23. The van der Waals surface area contributed by atoms with Crippen LogP contribution in [0.3, 0.4) is 0 Å². The molecule has 7 nitrogen and oxygen atoms in total. The number of piperidine rings is 1. The van der Waals surface area contributed by atoms with Crippen LogP contribution in [0.5, 0.6) is 0 Å². The van der Waals surface area contributed by atoms with E-state index in [1.807, 2.05) is 36.3 Å². The van der Waals surface area contributed by atoms with Crippen LogP contribution in [0.2, 0.25) is 0 Å². The Morgan fingerprint density at radius 2 is 2.17 bits per heavy atom. The van der Waals surface area contributed by atoms with Gasteiger partial charge in [-0.1, -0.05) is 13.0 Å². The van der Waals surface area contributed by atoms with E-state index in [4.69, 9.17) is 0 Å². The van der Waals surface area contributed by atoms with Gasteiger partial charge in [0.05, 0.1) is 12.4 Å². The lowest BCUT2D eigenvalue weighted by Gasteiger charge is -2.47. The maximum absolute atomic E-state index is 12.7. The van der Waals surface area contributed by atoms with Gasteiger partial charge in [-0.25, -0.2) is 4.98 Å². The van der Waals surface area contributed by atoms with Crippen molar-refractivity contribution in [1.29, 1.82) is 0 Å². The lowest BCUT2D eigenvalue weighted by Crippen LogP contribution is -2.52. The van der Waals surface area contributed by atoms with Crippen LogP contribution < -0.4 is 10.9 Å². The van der Waals surface area contributed by atoms with Gasteiger partial charge in [0.15, 0.2) is 0 Å². The molecule has 2 aromatic rings. The fourth-order valence-electron chi connectivity index (χ4n) is 5.01. The highest BCUT2D eigenvalue weighted by Crippen LogP contribution is 2.40. The van der Waals surface area contributed by atoms with Gasteiger partial charge in [0.2, 0.25) is 5.91 Å². The maximum atomic E-state index is 12.7. The SMILES string of the molecule is CCCC(=O)NC[C@H]1[C@H]2C[C@H](CN(CCCn3ccnc3)C2)c2cccc(=O)n21. The summed E-state index contributed by atoms with van der Waals surface area (Å²) < 4.78 is 4.08. The number of aryl methyl sites for hydroxylation is 1. The summed E-state index contributed by atoms with van der Waals surface area (Å²) in [6.45, 7) is 6.53. The second-order valence-electron chi connectivity index (χ2n) is 8.39. The van der Waals surface area contributed by atoms with E-state index in [9.17, 15) is 9.59 Å². The first-order chi connectivity index (χ1) is 14.2. The normalized spacial score (nSPS) is 23.6. The van der Waals surface area contributed by atoms with E-state index in [1.165, 1.54) is 0 Å². The zero-order valence-corrected chi connectivity index (χ0v) is 17.2. The minimum Gasteiger partial charge on any atom is -0.354 e. The monoisotopic (exact) mass is 397 g/mol. The molecule has 0 radical (unpaired) electrons. The van der Waals surface area contributed by atoms with Gasteiger partial charge in [-0.05, 0) is 37.8 Å². The highest BCUT2D eigenvalue weighted by molar-refractivity contribution is 5.75. The summed E-state index contributed by atoms with van der Waals surface area (Å²) in [5.74, 6) is 0.850. The Kier molecular flexibility index (Phi) is 6.13. The highest BCUT2D eigenvalue weighted by atomic mass is 16.1. The Morgan fingerprint density at radius 3 is 2.97 bits per heavy atom. The third kappa shape index (κ3) is 4.45. The van der Waals surface area contributed by atoms with Gasteiger partial charge in [0.1, 0.15) is 0 Å². The number of hydrogen-bond acceptors (Lipinski definition) is 4. The number of amides is 1. The molecule has 3 atom stereocenters. The van der Waals surface area contributed by atoms with Crippen molar-refractivity contribution >= 4 is 5.91 Å². The van der Waals surface area contributed by atoms with Gasteiger partial charge < -0.3 is 19.4 Å². The molecule has 0 unspecified atom stereocenters. The molecule has 0 spiro atoms. The highest BCUT2D eigenvalue weighted by Gasteiger charge is 2.40. The van der Waals surface area contributed by atoms with Crippen molar-refractivity contribution in [2.45, 2.75) is 51.1 Å². The van der Waals surface area contributed by atoms with Crippen LogP contribution in [-0.2, 0) is 11.3 Å². The van der Waals surface area contributed by atoms with Crippen molar-refractivity contribution in [3.63, 3.8) is 0 Å². The smallest absolute Gasteiger partial charge is 0.251 e. The Morgan fingerprint density at radius 1 is 1.28 bits per heavy atom. The minimum atomic E-state index is 0.0344. The summed E-state index contributed by atoms with van der Waals surface area (Å²) in [4.78, 5) is 31.4. The molecular formula is C22H31N5O2. The van der Waals surface area contributed by atoms with E-state index in [1.54, 1.807) is 6.07 Å². The lowest BCUT2D eigenvalue weighted by molar-refractivity contribution is -0.121. The number of nitrogens with zero attached hydrogens (tertiary/aromatic N) is 4. The predicted octanol–water partition coefficient (Wildman–Crippen LogP) is 2.01. The third-order valence-electron chi connectivity index (χ3n) is 6.31. The van der Waals surface area contributed by atoms with E-state index in [0.29, 0.717) is 24.8 Å². The number of carbonyl (C=O) groups is 1. The molecular weight excluding hydrogens is 366 g/mol. The van der Waals surface area contributed by atoms with Gasteiger partial charge in [0.25, 0.3) is 5.56 Å². The van der Waals surface area contributed by atoms with Crippen LogP contribution in [0, 0.1) is 5.92 Å². The molecule has 0 saturated carbocycles. The van der Waals surface area contributed by atoms with Gasteiger partial charge in [-0.15, -0.1) is 0 Å². The fraction of sp³-hybridized carbons (Fsp3) is 0.591. The summed E-state index contributed by atoms with van der Waals surface area (Å²) in [5, 5.41) is 3.07. The van der Waals surface area contributed by atoms with Crippen LogP contribution in [0.4, 0.5) is 0 Å². The maximum Gasteiger partial charge on any atom is 0.251 e. The first-order valence-corrected chi connectivity index (χ1v) is 10.8. The molecule has 1 amide bonds. The number of likely N-dealkylation sites (tertiary alicyclic amines) is 1. The van der Waals surface area contributed by atoms with Gasteiger partial charge in [-0.3, -0.25) is 9.59 Å². The van der Waals surface area contributed by atoms with Crippen molar-refractivity contribution in [2.24, 2.45) is 5.92 Å². The molecule has 29 heavy (non-hydrogen) atoms. The van der Waals surface area contributed by atoms with Crippen LogP contribution >= 0.6 is 0 Å². The molecule has 4 heterocycles. The summed E-state index contributed by atoms with van der Waals surface area (Å²) in [5.41, 5.74) is 1.18. The Balaban J connectivity index is 1.47. The molecule has 2 bridgehead atoms. The number of carbonyl (C=O) groups excluding carboxylic acids is 1. The van der Waals surface area contributed by atoms with E-state index in [-0.39, 0.29) is 17.5 Å². The number of hydrogen-bond donors (Lipinski definition) is 1. The molecule has 1 saturated heterocycles. The zero-order valence-electron chi connectivity index (χ0n) is 17.2. The van der Waals surface area contributed by atoms with Gasteiger partial charge in [-0.2, -0.15) is 0 Å². The van der Waals surface area contributed by atoms with Crippen molar-refractivity contribution < 1.29 is 4.79 Å². The van der Waals surface area contributed by atoms with E-state index in [0.717, 1.165) is 51.1 Å². The van der Waals surface area contributed by atoms with Gasteiger partial charge in [0, 0.05) is 62.7 Å². The Hall–Kier alpha value is -2.41. The average molecular weight is 398 g/mol. The van der Waals surface area contributed by atoms with Crippen LogP contribution in [-0.4, -0.2) is 51.1 Å². The van der Waals surface area contributed by atoms with E-state index < -0.39 is 0 Å². The number of rotatable bonds is 8. The first kappa shape index (κ1) is 19.9. The summed E-state index contributed by atoms with van der Waals surface area (Å²) >= 11 is 0. The Bertz CT molecular complexity index is 876. The Labute approximate surface area is 171 Å². The molecule has 1 fully saturated rings. The van der Waals surface area contributed by atoms with Crippen molar-refractivity contribution in [2.75, 3.05) is 26.2 Å². The number of aromatic nitrogens is 3. The molecule has 4 rings (SSSR count). The lowest BCUT2D eigenvalue weighted by atomic mass is 9.78. The minimum absolute atomic E-state index is 0.0344. The summed E-state index contributed by atoms with van der Waals surface area (Å²) in [7, 11) is 0. The fourth-order valence-corrected chi connectivity index (χ4v) is 5.01. The molecule has 7 heteroatoms. The van der Waals surface area contributed by atoms with Crippen molar-refractivity contribution in [1.82, 2.24) is 24.3 Å².